The third-order valence-corrected chi connectivity index (χ3v) is 7.28. The van der Waals surface area contributed by atoms with Crippen molar-refractivity contribution in [3.05, 3.63) is 35.4 Å². The second kappa shape index (κ2) is 6.19. The molecule has 0 saturated heterocycles. The Balaban J connectivity index is 1.11. The highest BCUT2D eigenvalue weighted by molar-refractivity contribution is 6.21. The predicted molar refractivity (Wildman–Crippen MR) is 99.9 cm³/mol. The molecular weight excluding hydrogens is 324 g/mol. The molecule has 138 valence electrons. The van der Waals surface area contributed by atoms with E-state index in [1.807, 2.05) is 12.1 Å². The van der Waals surface area contributed by atoms with Crippen LogP contribution >= 0.6 is 0 Å². The lowest BCUT2D eigenvalue weighted by Gasteiger charge is -2.57. The number of fused-ring (bicyclic) bond motifs is 1. The fraction of sp³-hybridized carbons (Fsp3) is 0.636. The molecule has 0 aromatic heterocycles. The van der Waals surface area contributed by atoms with E-state index >= 15 is 0 Å². The number of imide groups is 1. The van der Waals surface area contributed by atoms with Gasteiger partial charge in [-0.15, -0.1) is 0 Å². The average Bonchev–Trinajstić information content (AvgIpc) is 2.85. The zero-order valence-corrected chi connectivity index (χ0v) is 15.4. The molecule has 4 bridgehead atoms. The number of rotatable bonds is 6. The smallest absolute Gasteiger partial charge is 0.261 e. The molecule has 4 nitrogen and oxygen atoms in total. The van der Waals surface area contributed by atoms with Crippen molar-refractivity contribution in [1.29, 1.82) is 0 Å². The highest BCUT2D eigenvalue weighted by Crippen LogP contribution is 2.59. The van der Waals surface area contributed by atoms with Crippen LogP contribution in [0.1, 0.15) is 65.7 Å². The van der Waals surface area contributed by atoms with Crippen molar-refractivity contribution in [3.8, 4) is 0 Å². The van der Waals surface area contributed by atoms with Gasteiger partial charge >= 0.3 is 0 Å². The number of carbonyl (C=O) groups is 2. The van der Waals surface area contributed by atoms with E-state index in [9.17, 15) is 9.59 Å². The summed E-state index contributed by atoms with van der Waals surface area (Å²) in [6, 6.07) is 7.14. The van der Waals surface area contributed by atoms with Gasteiger partial charge in [-0.05, 0) is 86.8 Å². The summed E-state index contributed by atoms with van der Waals surface area (Å²) in [6.45, 7) is 2.52. The first-order chi connectivity index (χ1) is 12.6. The Bertz CT molecular complexity index is 671. The van der Waals surface area contributed by atoms with Crippen LogP contribution in [0.4, 0.5) is 0 Å². The number of nitrogens with one attached hydrogen (secondary N) is 1. The third kappa shape index (κ3) is 2.70. The van der Waals surface area contributed by atoms with E-state index in [0.29, 0.717) is 23.1 Å². The van der Waals surface area contributed by atoms with Crippen molar-refractivity contribution in [2.24, 2.45) is 23.2 Å². The number of carbonyl (C=O) groups excluding carboxylic acids is 2. The summed E-state index contributed by atoms with van der Waals surface area (Å²) >= 11 is 0. The van der Waals surface area contributed by atoms with Gasteiger partial charge in [0.05, 0.1) is 11.1 Å². The van der Waals surface area contributed by atoms with Gasteiger partial charge < -0.3 is 5.32 Å². The maximum absolute atomic E-state index is 12.4. The minimum atomic E-state index is -0.133. The van der Waals surface area contributed by atoms with Gasteiger partial charge in [0.15, 0.2) is 0 Å². The van der Waals surface area contributed by atoms with E-state index in [4.69, 9.17) is 0 Å². The van der Waals surface area contributed by atoms with Gasteiger partial charge in [-0.3, -0.25) is 14.5 Å². The Hall–Kier alpha value is -1.68. The molecule has 5 aliphatic rings. The van der Waals surface area contributed by atoms with Crippen LogP contribution < -0.4 is 5.32 Å². The molecule has 4 aliphatic carbocycles. The van der Waals surface area contributed by atoms with Crippen LogP contribution in [0.2, 0.25) is 0 Å². The molecule has 6 rings (SSSR count). The maximum atomic E-state index is 12.4. The summed E-state index contributed by atoms with van der Waals surface area (Å²) in [5, 5.41) is 3.67. The number of amides is 2. The van der Waals surface area contributed by atoms with E-state index in [1.165, 1.54) is 43.4 Å². The van der Waals surface area contributed by atoms with Gasteiger partial charge in [0, 0.05) is 13.1 Å². The highest BCUT2D eigenvalue weighted by Gasteiger charge is 2.50. The van der Waals surface area contributed by atoms with Crippen molar-refractivity contribution in [2.75, 3.05) is 19.6 Å². The van der Waals surface area contributed by atoms with Crippen LogP contribution in [0.15, 0.2) is 24.3 Å². The zero-order valence-electron chi connectivity index (χ0n) is 15.4. The molecule has 4 fully saturated rings. The first kappa shape index (κ1) is 16.5. The van der Waals surface area contributed by atoms with Crippen LogP contribution in [0, 0.1) is 23.2 Å². The third-order valence-electron chi connectivity index (χ3n) is 7.28. The summed E-state index contributed by atoms with van der Waals surface area (Å²) < 4.78 is 0. The minimum absolute atomic E-state index is 0.133. The molecule has 1 heterocycles. The predicted octanol–water partition coefficient (Wildman–Crippen LogP) is 3.48. The fourth-order valence-corrected chi connectivity index (χ4v) is 6.66. The van der Waals surface area contributed by atoms with Gasteiger partial charge in [0.25, 0.3) is 11.8 Å². The summed E-state index contributed by atoms with van der Waals surface area (Å²) in [7, 11) is 0. The lowest BCUT2D eigenvalue weighted by atomic mass is 9.49. The highest BCUT2D eigenvalue weighted by atomic mass is 16.2. The first-order valence-electron chi connectivity index (χ1n) is 10.3. The summed E-state index contributed by atoms with van der Waals surface area (Å²) in [4.78, 5) is 26.2. The topological polar surface area (TPSA) is 49.4 Å². The van der Waals surface area contributed by atoms with Crippen molar-refractivity contribution >= 4 is 11.8 Å². The Morgan fingerprint density at radius 1 is 0.923 bits per heavy atom. The molecule has 0 atom stereocenters. The first-order valence-corrected chi connectivity index (χ1v) is 10.3. The number of hydrogen-bond acceptors (Lipinski definition) is 3. The van der Waals surface area contributed by atoms with Crippen molar-refractivity contribution in [1.82, 2.24) is 10.2 Å². The van der Waals surface area contributed by atoms with Crippen LogP contribution in [-0.2, 0) is 0 Å². The molecular formula is C22H28N2O2. The van der Waals surface area contributed by atoms with Gasteiger partial charge in [-0.2, -0.15) is 0 Å². The van der Waals surface area contributed by atoms with Crippen molar-refractivity contribution < 1.29 is 9.59 Å². The van der Waals surface area contributed by atoms with Crippen molar-refractivity contribution in [2.45, 2.75) is 44.9 Å². The second-order valence-corrected chi connectivity index (χ2v) is 9.26. The van der Waals surface area contributed by atoms with E-state index in [0.717, 1.165) is 37.3 Å². The Morgan fingerprint density at radius 2 is 1.46 bits per heavy atom. The van der Waals surface area contributed by atoms with E-state index in [1.54, 1.807) is 12.1 Å². The summed E-state index contributed by atoms with van der Waals surface area (Å²) in [6.07, 6.45) is 9.55. The van der Waals surface area contributed by atoms with Gasteiger partial charge in [-0.25, -0.2) is 0 Å². The molecule has 4 saturated carbocycles. The van der Waals surface area contributed by atoms with Crippen molar-refractivity contribution in [3.63, 3.8) is 0 Å². The lowest BCUT2D eigenvalue weighted by molar-refractivity contribution is -0.0512. The van der Waals surface area contributed by atoms with E-state index < -0.39 is 0 Å². The normalized spacial score (nSPS) is 34.6. The Kier molecular flexibility index (Phi) is 3.93. The molecule has 0 unspecified atom stereocenters. The van der Waals surface area contributed by atoms with Gasteiger partial charge in [0.2, 0.25) is 0 Å². The fourth-order valence-electron chi connectivity index (χ4n) is 6.66. The van der Waals surface area contributed by atoms with E-state index in [2.05, 4.69) is 5.32 Å². The average molecular weight is 352 g/mol. The van der Waals surface area contributed by atoms with Crippen LogP contribution in [0.3, 0.4) is 0 Å². The molecule has 26 heavy (non-hydrogen) atoms. The zero-order chi connectivity index (χ0) is 17.7. The van der Waals surface area contributed by atoms with Crippen LogP contribution in [0.25, 0.3) is 0 Å². The Morgan fingerprint density at radius 3 is 2.00 bits per heavy atom. The largest absolute Gasteiger partial charge is 0.316 e. The molecule has 1 aliphatic heterocycles. The lowest BCUT2D eigenvalue weighted by Crippen LogP contribution is -2.50. The van der Waals surface area contributed by atoms with Crippen LogP contribution in [-0.4, -0.2) is 36.3 Å². The molecule has 1 aromatic rings. The number of nitrogens with zero attached hydrogens (tertiary/aromatic N) is 1. The second-order valence-electron chi connectivity index (χ2n) is 9.26. The molecule has 0 radical (unpaired) electrons. The number of benzene rings is 1. The quantitative estimate of drug-likeness (QED) is 0.630. The standard InChI is InChI=1S/C22H28N2O2/c25-20-18-4-1-2-5-19(18)21(26)24(20)7-3-6-23-14-22-11-15-8-16(12-22)10-17(9-15)13-22/h1-2,4-5,15-17,23H,3,6-14H2. The molecule has 1 aromatic carbocycles. The van der Waals surface area contributed by atoms with E-state index in [-0.39, 0.29) is 11.8 Å². The molecule has 0 spiro atoms. The van der Waals surface area contributed by atoms with Gasteiger partial charge in [0.1, 0.15) is 0 Å². The summed E-state index contributed by atoms with van der Waals surface area (Å²) in [5.41, 5.74) is 1.66. The summed E-state index contributed by atoms with van der Waals surface area (Å²) in [5.74, 6) is 2.70. The maximum Gasteiger partial charge on any atom is 0.261 e. The monoisotopic (exact) mass is 352 g/mol. The number of hydrogen-bond donors (Lipinski definition) is 1. The SMILES string of the molecule is O=C1c2ccccc2C(=O)N1CCCNCC12CC3CC(CC(C3)C1)C2. The van der Waals surface area contributed by atoms with Crippen LogP contribution in [0.5, 0.6) is 0 Å². The van der Waals surface area contributed by atoms with Gasteiger partial charge in [-0.1, -0.05) is 12.1 Å². The molecule has 2 amide bonds. The molecule has 1 N–H and O–H groups in total. The Labute approximate surface area is 155 Å². The molecule has 4 heteroatoms. The minimum Gasteiger partial charge on any atom is -0.316 e.